The molecule has 0 spiro atoms. The van der Waals surface area contributed by atoms with E-state index < -0.39 is 11.5 Å². The number of hydrogen-bond donors (Lipinski definition) is 2. The second kappa shape index (κ2) is 11.4. The maximum atomic E-state index is 15.4. The number of aromatic nitrogens is 2. The minimum Gasteiger partial charge on any atom is -0.393 e. The van der Waals surface area contributed by atoms with Crippen LogP contribution in [-0.2, 0) is 12.8 Å². The maximum Gasteiger partial charge on any atom is 0.251 e. The van der Waals surface area contributed by atoms with Gasteiger partial charge in [0.1, 0.15) is 22.2 Å². The van der Waals surface area contributed by atoms with Gasteiger partial charge in [-0.05, 0) is 73.4 Å². The average Bonchev–Trinajstić information content (AvgIpc) is 2.91. The molecule has 0 saturated carbocycles. The number of aliphatic hydroxyl groups excluding tert-OH is 1. The number of piperidine rings is 1. The number of carbonyl (C=O) groups is 1. The summed E-state index contributed by atoms with van der Waals surface area (Å²) in [6.07, 6.45) is 4.55. The summed E-state index contributed by atoms with van der Waals surface area (Å²) < 4.78 is 30.4. The van der Waals surface area contributed by atoms with Gasteiger partial charge in [-0.15, -0.1) is 0 Å². The van der Waals surface area contributed by atoms with E-state index in [1.54, 1.807) is 24.4 Å². The van der Waals surface area contributed by atoms with E-state index in [0.717, 1.165) is 29.9 Å². The zero-order chi connectivity index (χ0) is 27.7. The predicted octanol–water partition coefficient (Wildman–Crippen LogP) is 5.59. The smallest absolute Gasteiger partial charge is 0.251 e. The number of rotatable bonds is 7. The van der Waals surface area contributed by atoms with Crippen molar-refractivity contribution in [1.82, 2.24) is 20.2 Å². The lowest BCUT2D eigenvalue weighted by atomic mass is 9.77. The van der Waals surface area contributed by atoms with Gasteiger partial charge in [-0.2, -0.15) is 0 Å². The summed E-state index contributed by atoms with van der Waals surface area (Å²) in [4.78, 5) is 24.1. The highest BCUT2D eigenvalue weighted by Crippen LogP contribution is 2.38. The van der Waals surface area contributed by atoms with E-state index in [0.29, 0.717) is 49.2 Å². The van der Waals surface area contributed by atoms with Gasteiger partial charge in [0.05, 0.1) is 6.10 Å². The average molecular weight is 557 g/mol. The summed E-state index contributed by atoms with van der Waals surface area (Å²) >= 11 is 5.99. The van der Waals surface area contributed by atoms with Crippen molar-refractivity contribution in [1.29, 1.82) is 0 Å². The number of fused-ring (bicyclic) bond motifs is 2. The summed E-state index contributed by atoms with van der Waals surface area (Å²) in [5, 5.41) is 13.8. The molecule has 1 aliphatic carbocycles. The van der Waals surface area contributed by atoms with Crippen LogP contribution in [0.1, 0.15) is 72.8 Å². The van der Waals surface area contributed by atoms with Crippen LogP contribution in [0.25, 0.3) is 10.9 Å². The van der Waals surface area contributed by atoms with Crippen LogP contribution in [0.5, 0.6) is 0 Å². The number of amides is 1. The van der Waals surface area contributed by atoms with Crippen LogP contribution in [0.4, 0.5) is 8.78 Å². The first-order valence-corrected chi connectivity index (χ1v) is 14.1. The molecular formula is C30H35ClF2N4O2. The molecule has 3 aromatic rings. The Morgan fingerprint density at radius 2 is 2.03 bits per heavy atom. The number of hydrogen-bond acceptors (Lipinski definition) is 5. The maximum absolute atomic E-state index is 15.4. The molecule has 0 radical (unpaired) electrons. The molecule has 5 rings (SSSR count). The minimum atomic E-state index is -1.31. The fraction of sp³-hybridized carbons (Fsp3) is 0.500. The largest absolute Gasteiger partial charge is 0.393 e. The third kappa shape index (κ3) is 6.08. The standard InChI is InChI=1S/C30H35ClF2N4O2/c1-18(2)30(33)9-5-25-22(16-30)14-20-13-21(15-24(32)28(20)36-25)29(39)34-10-6-26(19-3-4-27(31)35-17-19)37-11-7-23(38)8-12-37/h3-4,13-15,17-18,23,26,38H,5-12,16H2,1-2H3,(H,34,39)/t26-,30+/m1/s1. The molecule has 1 saturated heterocycles. The van der Waals surface area contributed by atoms with Crippen LogP contribution < -0.4 is 5.32 Å². The van der Waals surface area contributed by atoms with E-state index in [-0.39, 0.29) is 41.5 Å². The molecule has 2 N–H and O–H groups in total. The highest BCUT2D eigenvalue weighted by atomic mass is 35.5. The molecule has 1 amide bonds. The van der Waals surface area contributed by atoms with Crippen molar-refractivity contribution < 1.29 is 18.7 Å². The van der Waals surface area contributed by atoms with Crippen molar-refractivity contribution in [3.8, 4) is 0 Å². The van der Waals surface area contributed by atoms with Crippen LogP contribution in [0.2, 0.25) is 5.15 Å². The number of halogens is 3. The van der Waals surface area contributed by atoms with Gasteiger partial charge in [0, 0.05) is 54.9 Å². The highest BCUT2D eigenvalue weighted by molar-refractivity contribution is 6.29. The first-order valence-electron chi connectivity index (χ1n) is 13.8. The van der Waals surface area contributed by atoms with Crippen LogP contribution in [-0.4, -0.2) is 57.3 Å². The van der Waals surface area contributed by atoms with E-state index in [9.17, 15) is 9.90 Å². The second-order valence-electron chi connectivity index (χ2n) is 11.2. The summed E-state index contributed by atoms with van der Waals surface area (Å²) in [6.45, 7) is 5.61. The molecule has 0 unspecified atom stereocenters. The third-order valence-corrected chi connectivity index (χ3v) is 8.60. The Balaban J connectivity index is 1.31. The number of nitrogens with zero attached hydrogens (tertiary/aromatic N) is 3. The number of benzene rings is 1. The summed E-state index contributed by atoms with van der Waals surface area (Å²) in [5.41, 5.74) is 1.62. The van der Waals surface area contributed by atoms with Gasteiger partial charge in [-0.3, -0.25) is 9.69 Å². The van der Waals surface area contributed by atoms with Gasteiger partial charge in [0.25, 0.3) is 5.91 Å². The Labute approximate surface area is 232 Å². The van der Waals surface area contributed by atoms with Crippen molar-refractivity contribution >= 4 is 28.4 Å². The van der Waals surface area contributed by atoms with Gasteiger partial charge in [-0.1, -0.05) is 31.5 Å². The van der Waals surface area contributed by atoms with E-state index in [2.05, 4.69) is 20.2 Å². The van der Waals surface area contributed by atoms with Crippen LogP contribution in [0.3, 0.4) is 0 Å². The fourth-order valence-corrected chi connectivity index (χ4v) is 5.93. The molecule has 2 aliphatic rings. The number of alkyl halides is 1. The lowest BCUT2D eigenvalue weighted by Gasteiger charge is -2.36. The molecule has 208 valence electrons. The SMILES string of the molecule is CC(C)[C@]1(F)CCc2nc3c(F)cc(C(=O)NCC[C@H](c4ccc(Cl)nc4)N4CCC(O)CC4)cc3cc2C1. The zero-order valence-electron chi connectivity index (χ0n) is 22.4. The molecule has 3 heterocycles. The third-order valence-electron chi connectivity index (χ3n) is 8.38. The molecule has 1 aromatic carbocycles. The normalized spacial score (nSPS) is 21.2. The highest BCUT2D eigenvalue weighted by Gasteiger charge is 2.38. The molecule has 2 aromatic heterocycles. The predicted molar refractivity (Wildman–Crippen MR) is 148 cm³/mol. The molecule has 0 bridgehead atoms. The van der Waals surface area contributed by atoms with Gasteiger partial charge in [0.15, 0.2) is 0 Å². The molecule has 6 nitrogen and oxygen atoms in total. The summed E-state index contributed by atoms with van der Waals surface area (Å²) in [6, 6.07) is 8.33. The Bertz CT molecular complexity index is 1350. The van der Waals surface area contributed by atoms with E-state index >= 15 is 8.78 Å². The van der Waals surface area contributed by atoms with E-state index in [1.807, 2.05) is 19.9 Å². The molecule has 2 atom stereocenters. The molecule has 1 aliphatic heterocycles. The van der Waals surface area contributed by atoms with Crippen molar-refractivity contribution in [3.05, 3.63) is 69.9 Å². The Morgan fingerprint density at radius 1 is 1.26 bits per heavy atom. The van der Waals surface area contributed by atoms with Gasteiger partial charge in [-0.25, -0.2) is 18.7 Å². The van der Waals surface area contributed by atoms with Crippen LogP contribution in [0, 0.1) is 11.7 Å². The number of pyridine rings is 2. The van der Waals surface area contributed by atoms with E-state index in [1.165, 1.54) is 6.07 Å². The lowest BCUT2D eigenvalue weighted by Crippen LogP contribution is -2.40. The topological polar surface area (TPSA) is 78.4 Å². The van der Waals surface area contributed by atoms with Crippen molar-refractivity contribution in [2.75, 3.05) is 19.6 Å². The number of nitrogens with one attached hydrogen (secondary N) is 1. The summed E-state index contributed by atoms with van der Waals surface area (Å²) in [5.74, 6) is -1.06. The Kier molecular flexibility index (Phi) is 8.17. The number of aliphatic hydroxyl groups is 1. The van der Waals surface area contributed by atoms with Gasteiger partial charge < -0.3 is 10.4 Å². The quantitative estimate of drug-likeness (QED) is 0.371. The first-order chi connectivity index (χ1) is 18.6. The number of carbonyl (C=O) groups excluding carboxylic acids is 1. The van der Waals surface area contributed by atoms with Crippen molar-refractivity contribution in [3.63, 3.8) is 0 Å². The number of likely N-dealkylation sites (tertiary alicyclic amines) is 1. The second-order valence-corrected chi connectivity index (χ2v) is 11.6. The van der Waals surface area contributed by atoms with Crippen LogP contribution in [0.15, 0.2) is 36.5 Å². The lowest BCUT2D eigenvalue weighted by molar-refractivity contribution is 0.0578. The Morgan fingerprint density at radius 3 is 2.72 bits per heavy atom. The fourth-order valence-electron chi connectivity index (χ4n) is 5.82. The monoisotopic (exact) mass is 556 g/mol. The molecule has 9 heteroatoms. The molecule has 1 fully saturated rings. The minimum absolute atomic E-state index is 0.00597. The number of aryl methyl sites for hydroxylation is 1. The summed E-state index contributed by atoms with van der Waals surface area (Å²) in [7, 11) is 0. The van der Waals surface area contributed by atoms with Gasteiger partial charge >= 0.3 is 0 Å². The molecular weight excluding hydrogens is 522 g/mol. The molecule has 39 heavy (non-hydrogen) atoms. The van der Waals surface area contributed by atoms with Crippen LogP contribution >= 0.6 is 11.6 Å². The van der Waals surface area contributed by atoms with Gasteiger partial charge in [0.2, 0.25) is 0 Å². The zero-order valence-corrected chi connectivity index (χ0v) is 23.1. The van der Waals surface area contributed by atoms with Crippen molar-refractivity contribution in [2.45, 2.75) is 70.2 Å². The Hall–Kier alpha value is -2.68. The van der Waals surface area contributed by atoms with E-state index in [4.69, 9.17) is 11.6 Å². The first kappa shape index (κ1) is 27.9. The van der Waals surface area contributed by atoms with Crippen molar-refractivity contribution in [2.24, 2.45) is 5.92 Å².